The van der Waals surface area contributed by atoms with Gasteiger partial charge in [-0.2, -0.15) is 18.2 Å². The second kappa shape index (κ2) is 12.3. The Morgan fingerprint density at radius 3 is 2.42 bits per heavy atom. The maximum Gasteiger partial charge on any atom is 0.421 e. The average Bonchev–Trinajstić information content (AvgIpc) is 3.27. The Labute approximate surface area is 248 Å². The maximum absolute atomic E-state index is 14.0. The van der Waals surface area contributed by atoms with Gasteiger partial charge in [0.1, 0.15) is 11.4 Å². The number of nitrogens with zero attached hydrogens (tertiary/aromatic N) is 3. The molecule has 1 aliphatic heterocycles. The van der Waals surface area contributed by atoms with Gasteiger partial charge in [-0.25, -0.2) is 4.98 Å². The van der Waals surface area contributed by atoms with E-state index in [4.69, 9.17) is 0 Å². The van der Waals surface area contributed by atoms with Crippen LogP contribution in [0, 0.1) is 0 Å². The van der Waals surface area contributed by atoms with E-state index in [9.17, 15) is 32.5 Å². The first-order valence-electron chi connectivity index (χ1n) is 14.3. The molecule has 0 saturated heterocycles. The Morgan fingerprint density at radius 1 is 1.07 bits per heavy atom. The Morgan fingerprint density at radius 2 is 1.77 bits per heavy atom. The molecule has 0 radical (unpaired) electrons. The number of halogens is 3. The molecule has 1 aromatic heterocycles. The molecule has 2 aromatic carbocycles. The van der Waals surface area contributed by atoms with Crippen molar-refractivity contribution in [1.29, 1.82) is 0 Å². The lowest BCUT2D eigenvalue weighted by molar-refractivity contribution is -0.137. The van der Waals surface area contributed by atoms with Crippen molar-refractivity contribution in [2.75, 3.05) is 30.0 Å². The normalized spacial score (nSPS) is 20.1. The minimum absolute atomic E-state index is 0.0773. The highest BCUT2D eigenvalue weighted by atomic mass is 31.2. The fourth-order valence-electron chi connectivity index (χ4n) is 5.67. The van der Waals surface area contributed by atoms with E-state index in [1.165, 1.54) is 0 Å². The fraction of sp³-hybridized carbons (Fsp3) is 0.433. The summed E-state index contributed by atoms with van der Waals surface area (Å²) in [6.07, 6.45) is -0.696. The molecule has 0 bridgehead atoms. The van der Waals surface area contributed by atoms with Crippen LogP contribution in [0.25, 0.3) is 0 Å². The van der Waals surface area contributed by atoms with E-state index in [0.29, 0.717) is 43.3 Å². The van der Waals surface area contributed by atoms with E-state index in [-0.39, 0.29) is 41.9 Å². The number of amides is 1. The van der Waals surface area contributed by atoms with Crippen LogP contribution in [0.4, 0.5) is 36.3 Å². The molecule has 13 heteroatoms. The second-order valence-corrected chi connectivity index (χ2v) is 14.0. The van der Waals surface area contributed by atoms with Crippen molar-refractivity contribution in [3.8, 4) is 0 Å². The van der Waals surface area contributed by atoms with Crippen molar-refractivity contribution >= 4 is 36.4 Å². The quantitative estimate of drug-likeness (QED) is 0.203. The van der Waals surface area contributed by atoms with E-state index in [1.807, 2.05) is 6.07 Å². The molecule has 5 rings (SSSR count). The summed E-state index contributed by atoms with van der Waals surface area (Å²) in [5.41, 5.74) is 2.64. The molecule has 2 heterocycles. The highest BCUT2D eigenvalue weighted by molar-refractivity contribution is 7.57. The number of aliphatic hydroxyl groups is 1. The summed E-state index contributed by atoms with van der Waals surface area (Å²) in [7, 11) is -1.49. The number of rotatable bonds is 9. The summed E-state index contributed by atoms with van der Waals surface area (Å²) in [6, 6.07) is 10.4. The van der Waals surface area contributed by atoms with E-state index < -0.39 is 24.9 Å². The van der Waals surface area contributed by atoms with Gasteiger partial charge in [0.05, 0.1) is 17.4 Å². The number of nitrogens with one attached hydrogen (secondary N) is 2. The molecule has 1 aliphatic carbocycles. The Hall–Kier alpha value is -3.47. The van der Waals surface area contributed by atoms with Gasteiger partial charge in [0.15, 0.2) is 0 Å². The number of hydrogen-bond acceptors (Lipinski definition) is 7. The number of aryl methyl sites for hydroxylation is 1. The second-order valence-electron chi connectivity index (χ2n) is 11.3. The molecule has 0 spiro atoms. The van der Waals surface area contributed by atoms with Gasteiger partial charge >= 0.3 is 6.18 Å². The van der Waals surface area contributed by atoms with Crippen LogP contribution in [0.15, 0.2) is 42.6 Å². The first-order chi connectivity index (χ1) is 20.3. The molecule has 1 atom stereocenters. The number of fused-ring (bicyclic) bond motifs is 1. The van der Waals surface area contributed by atoms with Crippen LogP contribution in [0.3, 0.4) is 0 Å². The molecule has 3 aromatic rings. The Kier molecular flexibility index (Phi) is 8.83. The molecule has 1 unspecified atom stereocenters. The molecule has 9 nitrogen and oxygen atoms in total. The van der Waals surface area contributed by atoms with Crippen molar-refractivity contribution in [1.82, 2.24) is 14.9 Å². The van der Waals surface area contributed by atoms with Gasteiger partial charge in [-0.05, 0) is 72.9 Å². The summed E-state index contributed by atoms with van der Waals surface area (Å²) in [5.74, 6) is -0.686. The van der Waals surface area contributed by atoms with Gasteiger partial charge in [-0.3, -0.25) is 9.36 Å². The summed E-state index contributed by atoms with van der Waals surface area (Å²) >= 11 is 0. The SMILES string of the molecule is CCP(=O)(O)CCc1ccc(Nc2ncc(C(F)(F)F)c(Nc3ccc(C4CCC(O)CC4)c4c3C(=O)N(C)C4)n2)cc1. The first-order valence-corrected chi connectivity index (χ1v) is 16.3. The minimum Gasteiger partial charge on any atom is -0.393 e. The van der Waals surface area contributed by atoms with E-state index in [0.717, 1.165) is 29.5 Å². The molecule has 230 valence electrons. The van der Waals surface area contributed by atoms with Crippen LogP contribution in [0.2, 0.25) is 0 Å². The third-order valence-corrected chi connectivity index (χ3v) is 10.2. The van der Waals surface area contributed by atoms with Crippen molar-refractivity contribution in [3.05, 3.63) is 70.4 Å². The lowest BCUT2D eigenvalue weighted by atomic mass is 9.80. The predicted molar refractivity (Wildman–Crippen MR) is 158 cm³/mol. The largest absolute Gasteiger partial charge is 0.421 e. The first kappa shape index (κ1) is 31.0. The lowest BCUT2D eigenvalue weighted by Crippen LogP contribution is -2.18. The van der Waals surface area contributed by atoms with Crippen molar-refractivity contribution in [3.63, 3.8) is 0 Å². The Balaban J connectivity index is 1.42. The number of benzene rings is 2. The van der Waals surface area contributed by atoms with E-state index in [2.05, 4.69) is 20.6 Å². The monoisotopic (exact) mass is 617 g/mol. The number of anilines is 4. The predicted octanol–water partition coefficient (Wildman–Crippen LogP) is 6.42. The highest BCUT2D eigenvalue weighted by Crippen LogP contribution is 2.43. The molecule has 1 saturated carbocycles. The number of carbonyl (C=O) groups excluding carboxylic acids is 1. The summed E-state index contributed by atoms with van der Waals surface area (Å²) in [4.78, 5) is 32.6. The van der Waals surface area contributed by atoms with Crippen LogP contribution >= 0.6 is 7.37 Å². The van der Waals surface area contributed by atoms with Gasteiger partial charge in [0, 0.05) is 37.8 Å². The van der Waals surface area contributed by atoms with Crippen molar-refractivity contribution < 1.29 is 32.5 Å². The van der Waals surface area contributed by atoms with Crippen LogP contribution in [0.5, 0.6) is 0 Å². The topological polar surface area (TPSA) is 128 Å². The molecular weight excluding hydrogens is 582 g/mol. The molecule has 2 aliphatic rings. The zero-order chi connectivity index (χ0) is 30.9. The average molecular weight is 618 g/mol. The third kappa shape index (κ3) is 7.03. The fourth-order valence-corrected chi connectivity index (χ4v) is 6.59. The maximum atomic E-state index is 14.0. The standard InChI is InChI=1S/C30H35F3N5O4P/c1-3-43(41,42)15-14-18-4-8-20(9-5-18)35-29-34-16-24(30(31,32)33)27(37-29)36-25-13-12-22(19-6-10-21(39)11-7-19)23-17-38(2)28(40)26(23)25/h4-5,8-9,12-13,16,19,21,39H,3,6-7,10-11,14-15,17H2,1-2H3,(H,41,42)(H2,34,35,36,37). The third-order valence-electron chi connectivity index (χ3n) is 8.24. The van der Waals surface area contributed by atoms with Crippen LogP contribution < -0.4 is 10.6 Å². The molecular formula is C30H35F3N5O4P. The minimum atomic E-state index is -4.75. The van der Waals surface area contributed by atoms with Crippen LogP contribution in [0.1, 0.15) is 71.1 Å². The van der Waals surface area contributed by atoms with Crippen LogP contribution in [-0.2, 0) is 23.7 Å². The Bertz CT molecular complexity index is 1540. The van der Waals surface area contributed by atoms with Gasteiger partial charge < -0.3 is 25.5 Å². The number of hydrogen-bond donors (Lipinski definition) is 4. The van der Waals surface area contributed by atoms with Crippen LogP contribution in [-0.4, -0.2) is 56.3 Å². The van der Waals surface area contributed by atoms with E-state index >= 15 is 0 Å². The van der Waals surface area contributed by atoms with Gasteiger partial charge in [-0.15, -0.1) is 0 Å². The zero-order valence-corrected chi connectivity index (χ0v) is 24.9. The van der Waals surface area contributed by atoms with Gasteiger partial charge in [0.25, 0.3) is 5.91 Å². The number of aromatic nitrogens is 2. The molecule has 4 N–H and O–H groups in total. The zero-order valence-electron chi connectivity index (χ0n) is 24.0. The van der Waals surface area contributed by atoms with Crippen molar-refractivity contribution in [2.24, 2.45) is 0 Å². The lowest BCUT2D eigenvalue weighted by Gasteiger charge is -2.27. The molecule has 1 amide bonds. The summed E-state index contributed by atoms with van der Waals surface area (Å²) in [6.45, 7) is 2.02. The molecule has 1 fully saturated rings. The smallest absolute Gasteiger partial charge is 0.393 e. The number of alkyl halides is 3. The van der Waals surface area contributed by atoms with Crippen molar-refractivity contribution in [2.45, 2.75) is 63.8 Å². The van der Waals surface area contributed by atoms with Gasteiger partial charge in [0.2, 0.25) is 13.3 Å². The van der Waals surface area contributed by atoms with E-state index in [1.54, 1.807) is 49.2 Å². The summed E-state index contributed by atoms with van der Waals surface area (Å²) in [5, 5.41) is 15.6. The highest BCUT2D eigenvalue weighted by Gasteiger charge is 2.37. The number of aliphatic hydroxyl groups excluding tert-OH is 1. The van der Waals surface area contributed by atoms with Gasteiger partial charge in [-0.1, -0.05) is 25.1 Å². The molecule has 43 heavy (non-hydrogen) atoms. The number of carbonyl (C=O) groups is 1. The summed E-state index contributed by atoms with van der Waals surface area (Å²) < 4.78 is 54.0.